The van der Waals surface area contributed by atoms with Gasteiger partial charge in [0.1, 0.15) is 16.7 Å². The number of amides is 1. The standard InChI is InChI=1S/C15H15ClN2O3/c1-20-12-3-4-13(21-2)11(7-12)9-18-15(19)10-5-6-17-14(16)8-10/h3-8H,9H2,1-2H3,(H,18,19). The first kappa shape index (κ1) is 15.1. The zero-order valence-electron chi connectivity index (χ0n) is 11.7. The number of hydrogen-bond donors (Lipinski definition) is 1. The van der Waals surface area contributed by atoms with Gasteiger partial charge >= 0.3 is 0 Å². The molecular weight excluding hydrogens is 292 g/mol. The van der Waals surface area contributed by atoms with E-state index in [2.05, 4.69) is 10.3 Å². The topological polar surface area (TPSA) is 60.5 Å². The number of carbonyl (C=O) groups is 1. The van der Waals surface area contributed by atoms with Gasteiger partial charge in [-0.2, -0.15) is 0 Å². The lowest BCUT2D eigenvalue weighted by Crippen LogP contribution is -2.23. The Kier molecular flexibility index (Phi) is 5.00. The van der Waals surface area contributed by atoms with Crippen LogP contribution in [0.1, 0.15) is 15.9 Å². The Labute approximate surface area is 127 Å². The van der Waals surface area contributed by atoms with Gasteiger partial charge in [0.15, 0.2) is 0 Å². The van der Waals surface area contributed by atoms with Gasteiger partial charge in [-0.25, -0.2) is 4.98 Å². The summed E-state index contributed by atoms with van der Waals surface area (Å²) in [5, 5.41) is 3.09. The van der Waals surface area contributed by atoms with Gasteiger partial charge in [-0.15, -0.1) is 0 Å². The van der Waals surface area contributed by atoms with Crippen LogP contribution in [0.3, 0.4) is 0 Å². The van der Waals surface area contributed by atoms with Gasteiger partial charge in [0.2, 0.25) is 0 Å². The van der Waals surface area contributed by atoms with Crippen molar-refractivity contribution in [3.63, 3.8) is 0 Å². The molecule has 5 nitrogen and oxygen atoms in total. The molecule has 1 N–H and O–H groups in total. The molecule has 1 heterocycles. The summed E-state index contributed by atoms with van der Waals surface area (Å²) in [7, 11) is 3.17. The van der Waals surface area contributed by atoms with Crippen LogP contribution >= 0.6 is 11.6 Å². The second-order valence-electron chi connectivity index (χ2n) is 4.23. The molecular formula is C15H15ClN2O3. The minimum absolute atomic E-state index is 0.232. The van der Waals surface area contributed by atoms with Crippen molar-refractivity contribution in [1.82, 2.24) is 10.3 Å². The molecule has 1 aromatic carbocycles. The fourth-order valence-electron chi connectivity index (χ4n) is 1.84. The van der Waals surface area contributed by atoms with Crippen LogP contribution in [-0.4, -0.2) is 25.1 Å². The van der Waals surface area contributed by atoms with Gasteiger partial charge in [0.25, 0.3) is 5.91 Å². The molecule has 0 aliphatic carbocycles. The first-order valence-electron chi connectivity index (χ1n) is 6.24. The largest absolute Gasteiger partial charge is 0.497 e. The summed E-state index contributed by atoms with van der Waals surface area (Å²) in [6.07, 6.45) is 1.49. The summed E-state index contributed by atoms with van der Waals surface area (Å²) in [6, 6.07) is 8.53. The lowest BCUT2D eigenvalue weighted by Gasteiger charge is -2.11. The van der Waals surface area contributed by atoms with Gasteiger partial charge in [0.05, 0.1) is 14.2 Å². The molecule has 0 saturated heterocycles. The zero-order chi connectivity index (χ0) is 15.2. The molecule has 0 radical (unpaired) electrons. The van der Waals surface area contributed by atoms with Gasteiger partial charge in [0, 0.05) is 23.9 Å². The van der Waals surface area contributed by atoms with E-state index in [9.17, 15) is 4.79 Å². The van der Waals surface area contributed by atoms with Gasteiger partial charge in [-0.05, 0) is 30.3 Å². The van der Waals surface area contributed by atoms with Crippen LogP contribution in [0, 0.1) is 0 Å². The van der Waals surface area contributed by atoms with Gasteiger partial charge in [-0.3, -0.25) is 4.79 Å². The van der Waals surface area contributed by atoms with E-state index in [4.69, 9.17) is 21.1 Å². The third-order valence-corrected chi connectivity index (χ3v) is 3.12. The smallest absolute Gasteiger partial charge is 0.251 e. The number of aromatic nitrogens is 1. The maximum Gasteiger partial charge on any atom is 0.251 e. The molecule has 2 rings (SSSR count). The average Bonchev–Trinajstić information content (AvgIpc) is 2.52. The van der Waals surface area contributed by atoms with Crippen molar-refractivity contribution in [2.24, 2.45) is 0 Å². The molecule has 0 fully saturated rings. The van der Waals surface area contributed by atoms with Crippen molar-refractivity contribution in [2.45, 2.75) is 6.54 Å². The number of hydrogen-bond acceptors (Lipinski definition) is 4. The summed E-state index contributed by atoms with van der Waals surface area (Å²) < 4.78 is 10.4. The number of ether oxygens (including phenoxy) is 2. The third-order valence-electron chi connectivity index (χ3n) is 2.92. The Morgan fingerprint density at radius 1 is 1.24 bits per heavy atom. The SMILES string of the molecule is COc1ccc(OC)c(CNC(=O)c2ccnc(Cl)c2)c1. The fraction of sp³-hybridized carbons (Fsp3) is 0.200. The van der Waals surface area contributed by atoms with Gasteiger partial charge in [-0.1, -0.05) is 11.6 Å². The van der Waals surface area contributed by atoms with Crippen LogP contribution in [-0.2, 0) is 6.54 Å². The maximum atomic E-state index is 12.1. The summed E-state index contributed by atoms with van der Waals surface area (Å²) in [6.45, 7) is 0.319. The minimum Gasteiger partial charge on any atom is -0.497 e. The summed E-state index contributed by atoms with van der Waals surface area (Å²) in [5.74, 6) is 1.15. The van der Waals surface area contributed by atoms with Crippen molar-refractivity contribution in [1.29, 1.82) is 0 Å². The quantitative estimate of drug-likeness (QED) is 0.863. The van der Waals surface area contributed by atoms with E-state index >= 15 is 0 Å². The van der Waals surface area contributed by atoms with Gasteiger partial charge < -0.3 is 14.8 Å². The molecule has 0 saturated carbocycles. The highest BCUT2D eigenvalue weighted by Gasteiger charge is 2.09. The fourth-order valence-corrected chi connectivity index (χ4v) is 2.02. The molecule has 0 spiro atoms. The lowest BCUT2D eigenvalue weighted by atomic mass is 10.1. The number of nitrogens with zero attached hydrogens (tertiary/aromatic N) is 1. The Hall–Kier alpha value is -2.27. The normalized spacial score (nSPS) is 10.0. The molecule has 6 heteroatoms. The highest BCUT2D eigenvalue weighted by atomic mass is 35.5. The third kappa shape index (κ3) is 3.86. The minimum atomic E-state index is -0.232. The highest BCUT2D eigenvalue weighted by Crippen LogP contribution is 2.23. The Bertz CT molecular complexity index is 647. The summed E-state index contributed by atoms with van der Waals surface area (Å²) >= 11 is 5.77. The first-order valence-corrected chi connectivity index (χ1v) is 6.62. The molecule has 0 aliphatic rings. The van der Waals surface area contributed by atoms with E-state index < -0.39 is 0 Å². The Balaban J connectivity index is 2.10. The molecule has 110 valence electrons. The van der Waals surface area contributed by atoms with E-state index in [1.165, 1.54) is 12.3 Å². The predicted octanol–water partition coefficient (Wildman–Crippen LogP) is 2.68. The van der Waals surface area contributed by atoms with E-state index in [1.54, 1.807) is 32.4 Å². The number of rotatable bonds is 5. The molecule has 1 amide bonds. The van der Waals surface area contributed by atoms with Crippen molar-refractivity contribution in [3.05, 3.63) is 52.8 Å². The van der Waals surface area contributed by atoms with Crippen LogP contribution in [0.25, 0.3) is 0 Å². The number of benzene rings is 1. The van der Waals surface area contributed by atoms with Crippen LogP contribution < -0.4 is 14.8 Å². The average molecular weight is 307 g/mol. The van der Waals surface area contributed by atoms with Crippen molar-refractivity contribution >= 4 is 17.5 Å². The molecule has 0 aliphatic heterocycles. The van der Waals surface area contributed by atoms with Crippen LogP contribution in [0.4, 0.5) is 0 Å². The number of methoxy groups -OCH3 is 2. The second-order valence-corrected chi connectivity index (χ2v) is 4.61. The molecule has 0 bridgehead atoms. The van der Waals surface area contributed by atoms with E-state index in [0.29, 0.717) is 23.6 Å². The Morgan fingerprint density at radius 2 is 2.05 bits per heavy atom. The Morgan fingerprint density at radius 3 is 2.71 bits per heavy atom. The molecule has 1 aromatic heterocycles. The monoisotopic (exact) mass is 306 g/mol. The molecule has 21 heavy (non-hydrogen) atoms. The van der Waals surface area contributed by atoms with E-state index in [1.807, 2.05) is 6.07 Å². The maximum absolute atomic E-state index is 12.1. The van der Waals surface area contributed by atoms with Crippen molar-refractivity contribution in [2.75, 3.05) is 14.2 Å². The number of halogens is 1. The van der Waals surface area contributed by atoms with E-state index in [0.717, 1.165) is 5.56 Å². The molecule has 2 aromatic rings. The van der Waals surface area contributed by atoms with Crippen LogP contribution in [0.5, 0.6) is 11.5 Å². The number of carbonyl (C=O) groups excluding carboxylic acids is 1. The zero-order valence-corrected chi connectivity index (χ0v) is 12.5. The number of pyridine rings is 1. The molecule has 0 unspecified atom stereocenters. The first-order chi connectivity index (χ1) is 10.1. The molecule has 0 atom stereocenters. The van der Waals surface area contributed by atoms with E-state index in [-0.39, 0.29) is 11.1 Å². The van der Waals surface area contributed by atoms with Crippen LogP contribution in [0.15, 0.2) is 36.5 Å². The summed E-state index contributed by atoms with van der Waals surface area (Å²) in [4.78, 5) is 15.9. The predicted molar refractivity (Wildman–Crippen MR) is 80.0 cm³/mol. The number of nitrogens with one attached hydrogen (secondary N) is 1. The van der Waals surface area contributed by atoms with Crippen molar-refractivity contribution in [3.8, 4) is 11.5 Å². The highest BCUT2D eigenvalue weighted by molar-refractivity contribution is 6.29. The van der Waals surface area contributed by atoms with Crippen molar-refractivity contribution < 1.29 is 14.3 Å². The summed E-state index contributed by atoms with van der Waals surface area (Å²) in [5.41, 5.74) is 1.28. The lowest BCUT2D eigenvalue weighted by molar-refractivity contribution is 0.0950. The van der Waals surface area contributed by atoms with Crippen LogP contribution in [0.2, 0.25) is 5.15 Å². The second kappa shape index (κ2) is 6.95.